The highest BCUT2D eigenvalue weighted by Crippen LogP contribution is 2.25. The third-order valence-corrected chi connectivity index (χ3v) is 5.42. The van der Waals surface area contributed by atoms with E-state index in [9.17, 15) is 4.79 Å². The third-order valence-electron chi connectivity index (χ3n) is 4.34. The molecule has 0 atom stereocenters. The number of aromatic nitrogens is 2. The average Bonchev–Trinajstić information content (AvgIpc) is 3.37. The van der Waals surface area contributed by atoms with Gasteiger partial charge in [0.25, 0.3) is 5.91 Å². The van der Waals surface area contributed by atoms with Gasteiger partial charge in [-0.2, -0.15) is 0 Å². The lowest BCUT2D eigenvalue weighted by molar-refractivity contribution is 0.0995. The number of rotatable bonds is 7. The van der Waals surface area contributed by atoms with Gasteiger partial charge in [0.05, 0.1) is 5.75 Å². The Bertz CT molecular complexity index is 1150. The molecule has 0 fully saturated rings. The van der Waals surface area contributed by atoms with Gasteiger partial charge in [-0.15, -0.1) is 0 Å². The van der Waals surface area contributed by atoms with Crippen LogP contribution in [-0.4, -0.2) is 15.5 Å². The first kappa shape index (κ1) is 19.8. The summed E-state index contributed by atoms with van der Waals surface area (Å²) < 4.78 is 13.4. The van der Waals surface area contributed by atoms with Crippen LogP contribution in [0.5, 0.6) is 11.5 Å². The first-order valence-electron chi connectivity index (χ1n) is 9.41. The normalized spacial score (nSPS) is 10.7. The summed E-state index contributed by atoms with van der Waals surface area (Å²) in [6.45, 7) is 2.02. The molecule has 2 aromatic carbocycles. The van der Waals surface area contributed by atoms with Crippen LogP contribution in [-0.2, 0) is 12.8 Å². The maximum atomic E-state index is 12.5. The number of ether oxygens (including phenoxy) is 1. The summed E-state index contributed by atoms with van der Waals surface area (Å²) in [4.78, 5) is 16.7. The van der Waals surface area contributed by atoms with E-state index >= 15 is 0 Å². The number of imidazole rings is 1. The number of amides is 1. The Balaban J connectivity index is 1.33. The Morgan fingerprint density at radius 2 is 1.97 bits per heavy atom. The van der Waals surface area contributed by atoms with Crippen molar-refractivity contribution < 1.29 is 13.9 Å². The van der Waals surface area contributed by atoms with E-state index in [2.05, 4.69) is 10.3 Å². The van der Waals surface area contributed by atoms with E-state index in [-0.39, 0.29) is 11.7 Å². The van der Waals surface area contributed by atoms with Gasteiger partial charge in [0, 0.05) is 25.1 Å². The number of thioether (sulfide) groups is 1. The topological polar surface area (TPSA) is 69.3 Å². The molecule has 4 aromatic rings. The monoisotopic (exact) mass is 419 g/mol. The molecule has 1 amide bonds. The van der Waals surface area contributed by atoms with Crippen LogP contribution >= 0.6 is 11.8 Å². The molecule has 1 N–H and O–H groups in total. The van der Waals surface area contributed by atoms with Gasteiger partial charge in [-0.1, -0.05) is 23.9 Å². The van der Waals surface area contributed by atoms with Crippen molar-refractivity contribution >= 4 is 23.4 Å². The predicted octanol–water partition coefficient (Wildman–Crippen LogP) is 5.66. The number of hydrogen-bond acceptors (Lipinski definition) is 5. The van der Waals surface area contributed by atoms with Crippen molar-refractivity contribution in [1.29, 1.82) is 0 Å². The predicted molar refractivity (Wildman–Crippen MR) is 117 cm³/mol. The first-order valence-corrected chi connectivity index (χ1v) is 10.4. The highest BCUT2D eigenvalue weighted by molar-refractivity contribution is 7.98. The highest BCUT2D eigenvalue weighted by atomic mass is 32.2. The van der Waals surface area contributed by atoms with E-state index in [0.29, 0.717) is 17.2 Å². The molecular formula is C23H21N3O3S. The summed E-state index contributed by atoms with van der Waals surface area (Å²) in [7, 11) is 1.94. The molecule has 0 aliphatic rings. The molecule has 0 aliphatic carbocycles. The molecule has 2 aromatic heterocycles. The second kappa shape index (κ2) is 8.92. The van der Waals surface area contributed by atoms with Crippen LogP contribution in [0, 0.1) is 6.92 Å². The molecular weight excluding hydrogens is 398 g/mol. The summed E-state index contributed by atoms with van der Waals surface area (Å²) in [6, 6.07) is 18.5. The van der Waals surface area contributed by atoms with Gasteiger partial charge in [-0.05, 0) is 61.0 Å². The van der Waals surface area contributed by atoms with Crippen molar-refractivity contribution in [3.63, 3.8) is 0 Å². The van der Waals surface area contributed by atoms with Gasteiger partial charge in [0.15, 0.2) is 10.9 Å². The molecule has 4 rings (SSSR count). The van der Waals surface area contributed by atoms with Crippen LogP contribution in [0.2, 0.25) is 0 Å². The van der Waals surface area contributed by atoms with Crippen LogP contribution in [0.25, 0.3) is 0 Å². The summed E-state index contributed by atoms with van der Waals surface area (Å²) in [5.74, 6) is 2.77. The van der Waals surface area contributed by atoms with Gasteiger partial charge in [-0.3, -0.25) is 4.79 Å². The standard InChI is InChI=1S/C23H21N3O3S/c1-16-4-3-5-19(14-16)28-18-8-6-17(7-9-18)25-22(27)21-11-10-20(29-21)15-30-23-24-12-13-26(23)2/h3-14H,15H2,1-2H3,(H,25,27). The molecule has 0 aliphatic heterocycles. The highest BCUT2D eigenvalue weighted by Gasteiger charge is 2.12. The number of aryl methyl sites for hydroxylation is 2. The van der Waals surface area contributed by atoms with Gasteiger partial charge >= 0.3 is 0 Å². The zero-order chi connectivity index (χ0) is 20.9. The van der Waals surface area contributed by atoms with Crippen LogP contribution in [0.1, 0.15) is 21.9 Å². The molecule has 7 heteroatoms. The Kier molecular flexibility index (Phi) is 5.90. The van der Waals surface area contributed by atoms with E-state index in [1.165, 1.54) is 0 Å². The molecule has 0 spiro atoms. The maximum absolute atomic E-state index is 12.5. The number of furan rings is 1. The minimum Gasteiger partial charge on any atom is -0.457 e. The lowest BCUT2D eigenvalue weighted by atomic mass is 10.2. The number of carbonyl (C=O) groups is 1. The molecule has 30 heavy (non-hydrogen) atoms. The van der Waals surface area contributed by atoms with Gasteiger partial charge in [0.1, 0.15) is 17.3 Å². The SMILES string of the molecule is Cc1cccc(Oc2ccc(NC(=O)c3ccc(CSc4nccn4C)o3)cc2)c1. The Hall–Kier alpha value is -3.45. The second-order valence-electron chi connectivity index (χ2n) is 6.77. The molecule has 6 nitrogen and oxygen atoms in total. The lowest BCUT2D eigenvalue weighted by Gasteiger charge is -2.08. The zero-order valence-corrected chi connectivity index (χ0v) is 17.5. The van der Waals surface area contributed by atoms with Crippen LogP contribution in [0.4, 0.5) is 5.69 Å². The van der Waals surface area contributed by atoms with Crippen molar-refractivity contribution in [2.45, 2.75) is 17.8 Å². The molecule has 0 radical (unpaired) electrons. The second-order valence-corrected chi connectivity index (χ2v) is 7.71. The quantitative estimate of drug-likeness (QED) is 0.392. The smallest absolute Gasteiger partial charge is 0.291 e. The fourth-order valence-corrected chi connectivity index (χ4v) is 3.64. The van der Waals surface area contributed by atoms with Crippen molar-refractivity contribution in [3.05, 3.63) is 90.1 Å². The Morgan fingerprint density at radius 3 is 2.70 bits per heavy atom. The number of benzene rings is 2. The number of nitrogens with one attached hydrogen (secondary N) is 1. The van der Waals surface area contributed by atoms with Gasteiger partial charge < -0.3 is 19.0 Å². The van der Waals surface area contributed by atoms with Crippen molar-refractivity contribution in [3.8, 4) is 11.5 Å². The first-order chi connectivity index (χ1) is 14.6. The maximum Gasteiger partial charge on any atom is 0.291 e. The minimum absolute atomic E-state index is 0.269. The summed E-state index contributed by atoms with van der Waals surface area (Å²) in [5, 5.41) is 3.73. The Labute approximate surface area is 178 Å². The summed E-state index contributed by atoms with van der Waals surface area (Å²) in [6.07, 6.45) is 3.64. The third kappa shape index (κ3) is 4.93. The summed E-state index contributed by atoms with van der Waals surface area (Å²) >= 11 is 1.55. The van der Waals surface area contributed by atoms with Crippen LogP contribution < -0.4 is 10.1 Å². The molecule has 0 saturated heterocycles. The minimum atomic E-state index is -0.296. The van der Waals surface area contributed by atoms with E-state index in [1.54, 1.807) is 36.2 Å². The van der Waals surface area contributed by atoms with E-state index < -0.39 is 0 Å². The number of nitrogens with zero attached hydrogens (tertiary/aromatic N) is 2. The number of carbonyl (C=O) groups excluding carboxylic acids is 1. The largest absolute Gasteiger partial charge is 0.457 e. The fraction of sp³-hybridized carbons (Fsp3) is 0.130. The van der Waals surface area contributed by atoms with Crippen molar-refractivity contribution in [2.75, 3.05) is 5.32 Å². The van der Waals surface area contributed by atoms with Crippen molar-refractivity contribution in [2.24, 2.45) is 7.05 Å². The average molecular weight is 420 g/mol. The Morgan fingerprint density at radius 1 is 1.13 bits per heavy atom. The number of hydrogen-bond donors (Lipinski definition) is 1. The molecule has 0 unspecified atom stereocenters. The van der Waals surface area contributed by atoms with Crippen LogP contribution in [0.15, 0.2) is 82.6 Å². The van der Waals surface area contributed by atoms with Gasteiger partial charge in [0.2, 0.25) is 0 Å². The molecule has 0 bridgehead atoms. The zero-order valence-electron chi connectivity index (χ0n) is 16.7. The molecule has 0 saturated carbocycles. The van der Waals surface area contributed by atoms with Crippen LogP contribution in [0.3, 0.4) is 0 Å². The lowest BCUT2D eigenvalue weighted by Crippen LogP contribution is -2.10. The summed E-state index contributed by atoms with van der Waals surface area (Å²) in [5.41, 5.74) is 1.80. The number of anilines is 1. The van der Waals surface area contributed by atoms with Crippen molar-refractivity contribution in [1.82, 2.24) is 9.55 Å². The van der Waals surface area contributed by atoms with E-state index in [4.69, 9.17) is 9.15 Å². The van der Waals surface area contributed by atoms with E-state index in [0.717, 1.165) is 22.2 Å². The fourth-order valence-electron chi connectivity index (χ4n) is 2.82. The molecule has 2 heterocycles. The van der Waals surface area contributed by atoms with Gasteiger partial charge in [-0.25, -0.2) is 4.98 Å². The molecule has 152 valence electrons. The van der Waals surface area contributed by atoms with E-state index in [1.807, 2.05) is 67.2 Å².